The molecule has 138 valence electrons. The number of hydrogen-bond donors (Lipinski definition) is 3. The molecule has 4 N–H and O–H groups in total. The molecule has 2 aliphatic rings. The number of phenolic OH excluding ortho intramolecular Hbond substituents is 1. The van der Waals surface area contributed by atoms with Crippen LogP contribution in [0.4, 0.5) is 0 Å². The molecule has 1 spiro atoms. The van der Waals surface area contributed by atoms with Crippen molar-refractivity contribution in [1.82, 2.24) is 0 Å². The van der Waals surface area contributed by atoms with Crippen molar-refractivity contribution in [2.75, 3.05) is 0 Å². The van der Waals surface area contributed by atoms with Gasteiger partial charge in [0.05, 0.1) is 5.56 Å². The average molecular weight is 375 g/mol. The van der Waals surface area contributed by atoms with Crippen LogP contribution in [0.2, 0.25) is 0 Å². The highest BCUT2D eigenvalue weighted by atomic mass is 16.6. The van der Waals surface area contributed by atoms with Gasteiger partial charge in [0.25, 0.3) is 5.91 Å². The number of aromatic hydroxyl groups is 2. The zero-order valence-corrected chi connectivity index (χ0v) is 14.3. The predicted molar refractivity (Wildman–Crippen MR) is 96.5 cm³/mol. The van der Waals surface area contributed by atoms with E-state index in [1.807, 2.05) is 0 Å². The van der Waals surface area contributed by atoms with Crippen molar-refractivity contribution in [2.45, 2.75) is 5.60 Å². The van der Waals surface area contributed by atoms with E-state index in [0.29, 0.717) is 22.3 Å². The third-order valence-corrected chi connectivity index (χ3v) is 5.09. The molecule has 0 fully saturated rings. The molecule has 1 amide bonds. The third kappa shape index (κ3) is 1.87. The summed E-state index contributed by atoms with van der Waals surface area (Å²) in [5, 5.41) is 20.1. The van der Waals surface area contributed by atoms with Gasteiger partial charge in [0.15, 0.2) is 11.4 Å². The zero-order valence-electron chi connectivity index (χ0n) is 14.3. The number of carbonyl (C=O) groups is 2. The molecule has 1 unspecified atom stereocenters. The van der Waals surface area contributed by atoms with Gasteiger partial charge in [-0.1, -0.05) is 18.2 Å². The maximum Gasteiger partial charge on any atom is 0.340 e. The fraction of sp³-hybridized carbons (Fsp3) is 0.0476. The molecule has 0 saturated carbocycles. The van der Waals surface area contributed by atoms with Crippen LogP contribution >= 0.6 is 0 Å². The summed E-state index contributed by atoms with van der Waals surface area (Å²) in [7, 11) is 0. The first-order valence-electron chi connectivity index (χ1n) is 8.44. The quantitative estimate of drug-likeness (QED) is 0.563. The van der Waals surface area contributed by atoms with Crippen LogP contribution < -0.4 is 10.5 Å². The van der Waals surface area contributed by atoms with Gasteiger partial charge in [0, 0.05) is 22.8 Å². The Hall–Kier alpha value is -4.00. The number of carbonyl (C=O) groups excluding carboxylic acids is 2. The van der Waals surface area contributed by atoms with Gasteiger partial charge in [-0.2, -0.15) is 0 Å². The lowest BCUT2D eigenvalue weighted by atomic mass is 9.77. The summed E-state index contributed by atoms with van der Waals surface area (Å²) >= 11 is 0. The van der Waals surface area contributed by atoms with Crippen LogP contribution in [0.1, 0.15) is 37.4 Å². The molecule has 5 rings (SSSR count). The highest BCUT2D eigenvalue weighted by molar-refractivity contribution is 6.01. The standard InChI is InChI=1S/C21H13NO6/c22-19(25)17-15(24)8-7-14-18(17)27-16-9-10(23)5-6-13(16)21(14)12-4-2-1-3-11(12)20(26)28-21/h1-9,23-24H,(H2,22,25). The summed E-state index contributed by atoms with van der Waals surface area (Å²) in [5.74, 6) is -1.69. The van der Waals surface area contributed by atoms with Gasteiger partial charge in [-0.3, -0.25) is 4.79 Å². The number of esters is 1. The molecular weight excluding hydrogens is 362 g/mol. The molecule has 0 aliphatic carbocycles. The number of amides is 1. The molecule has 3 aromatic carbocycles. The van der Waals surface area contributed by atoms with Gasteiger partial charge < -0.3 is 25.4 Å². The number of rotatable bonds is 1. The first kappa shape index (κ1) is 16.2. The average Bonchev–Trinajstić information content (AvgIpc) is 2.95. The monoisotopic (exact) mass is 375 g/mol. The fourth-order valence-electron chi connectivity index (χ4n) is 3.95. The van der Waals surface area contributed by atoms with Crippen LogP contribution in [-0.2, 0) is 10.3 Å². The minimum Gasteiger partial charge on any atom is -0.508 e. The summed E-state index contributed by atoms with van der Waals surface area (Å²) in [5.41, 5.74) is 5.62. The largest absolute Gasteiger partial charge is 0.508 e. The van der Waals surface area contributed by atoms with Gasteiger partial charge >= 0.3 is 5.97 Å². The minimum atomic E-state index is -1.40. The summed E-state index contributed by atoms with van der Waals surface area (Å²) in [6.07, 6.45) is 0. The van der Waals surface area contributed by atoms with Gasteiger partial charge in [0.2, 0.25) is 0 Å². The Morgan fingerprint density at radius 2 is 1.71 bits per heavy atom. The molecule has 2 aliphatic heterocycles. The van der Waals surface area contributed by atoms with E-state index in [4.69, 9.17) is 15.2 Å². The van der Waals surface area contributed by atoms with Crippen LogP contribution in [-0.4, -0.2) is 22.1 Å². The van der Waals surface area contributed by atoms with Gasteiger partial charge in [-0.15, -0.1) is 0 Å². The van der Waals surface area contributed by atoms with Crippen LogP contribution in [0.5, 0.6) is 23.0 Å². The van der Waals surface area contributed by atoms with E-state index >= 15 is 0 Å². The Bertz CT molecular complexity index is 1200. The number of fused-ring (bicyclic) bond motifs is 6. The third-order valence-electron chi connectivity index (χ3n) is 5.09. The Labute approximate surface area is 158 Å². The molecule has 1 atom stereocenters. The van der Waals surface area contributed by atoms with E-state index in [2.05, 4.69) is 0 Å². The van der Waals surface area contributed by atoms with E-state index in [0.717, 1.165) is 0 Å². The number of primary amides is 1. The van der Waals surface area contributed by atoms with Crippen molar-refractivity contribution in [1.29, 1.82) is 0 Å². The van der Waals surface area contributed by atoms with Crippen LogP contribution in [0.25, 0.3) is 0 Å². The molecule has 3 aromatic rings. The van der Waals surface area contributed by atoms with Crippen molar-refractivity contribution < 1.29 is 29.3 Å². The Kier molecular flexibility index (Phi) is 3.04. The number of benzene rings is 3. The van der Waals surface area contributed by atoms with Gasteiger partial charge in [-0.05, 0) is 30.3 Å². The number of hydrogen-bond acceptors (Lipinski definition) is 6. The lowest BCUT2D eigenvalue weighted by molar-refractivity contribution is 0.0224. The molecule has 0 saturated heterocycles. The molecule has 28 heavy (non-hydrogen) atoms. The SMILES string of the molecule is NC(=O)c1c(O)ccc2c1Oc1cc(O)ccc1C21OC(=O)c2ccccc21. The highest BCUT2D eigenvalue weighted by Crippen LogP contribution is 2.57. The topological polar surface area (TPSA) is 119 Å². The summed E-state index contributed by atoms with van der Waals surface area (Å²) in [6, 6.07) is 14.1. The van der Waals surface area contributed by atoms with E-state index in [-0.39, 0.29) is 28.6 Å². The zero-order chi connectivity index (χ0) is 19.6. The normalized spacial score (nSPS) is 18.6. The first-order chi connectivity index (χ1) is 13.4. The van der Waals surface area contributed by atoms with Gasteiger partial charge in [-0.25, -0.2) is 4.79 Å². The Morgan fingerprint density at radius 3 is 2.50 bits per heavy atom. The number of nitrogens with two attached hydrogens (primary N) is 1. The van der Waals surface area contributed by atoms with Crippen LogP contribution in [0.3, 0.4) is 0 Å². The summed E-state index contributed by atoms with van der Waals surface area (Å²) in [4.78, 5) is 24.7. The molecular formula is C21H13NO6. The molecule has 2 heterocycles. The van der Waals surface area contributed by atoms with Gasteiger partial charge in [0.1, 0.15) is 22.8 Å². The van der Waals surface area contributed by atoms with E-state index in [1.54, 1.807) is 30.3 Å². The second-order valence-electron chi connectivity index (χ2n) is 6.60. The number of phenols is 2. The van der Waals surface area contributed by atoms with E-state index in [1.165, 1.54) is 24.3 Å². The maximum atomic E-state index is 12.7. The molecule has 0 radical (unpaired) electrons. The Balaban J connectivity index is 1.94. The first-order valence-corrected chi connectivity index (χ1v) is 8.44. The highest BCUT2D eigenvalue weighted by Gasteiger charge is 2.54. The molecule has 0 aromatic heterocycles. The second kappa shape index (κ2) is 5.26. The van der Waals surface area contributed by atoms with Crippen molar-refractivity contribution >= 4 is 11.9 Å². The van der Waals surface area contributed by atoms with E-state index in [9.17, 15) is 19.8 Å². The summed E-state index contributed by atoms with van der Waals surface area (Å²) in [6.45, 7) is 0. The van der Waals surface area contributed by atoms with E-state index < -0.39 is 17.5 Å². The smallest absolute Gasteiger partial charge is 0.340 e. The van der Waals surface area contributed by atoms with Crippen molar-refractivity contribution in [3.8, 4) is 23.0 Å². The minimum absolute atomic E-state index is 0.0184. The fourth-order valence-corrected chi connectivity index (χ4v) is 3.95. The van der Waals surface area contributed by atoms with Crippen LogP contribution in [0, 0.1) is 0 Å². The van der Waals surface area contributed by atoms with Crippen molar-refractivity contribution in [3.63, 3.8) is 0 Å². The second-order valence-corrected chi connectivity index (χ2v) is 6.60. The van der Waals surface area contributed by atoms with Crippen LogP contribution in [0.15, 0.2) is 54.6 Å². The molecule has 7 nitrogen and oxygen atoms in total. The summed E-state index contributed by atoms with van der Waals surface area (Å²) < 4.78 is 11.7. The van der Waals surface area contributed by atoms with Crippen molar-refractivity contribution in [2.24, 2.45) is 5.73 Å². The van der Waals surface area contributed by atoms with Crippen molar-refractivity contribution in [3.05, 3.63) is 82.4 Å². The molecule has 7 heteroatoms. The Morgan fingerprint density at radius 1 is 0.964 bits per heavy atom. The lowest BCUT2D eigenvalue weighted by Gasteiger charge is -2.37. The maximum absolute atomic E-state index is 12.7. The lowest BCUT2D eigenvalue weighted by Crippen LogP contribution is -2.34. The predicted octanol–water partition coefficient (Wildman–Crippen LogP) is 2.76. The number of ether oxygens (including phenoxy) is 2. The molecule has 0 bridgehead atoms.